The maximum Gasteiger partial charge on any atom is 0.257 e. The summed E-state index contributed by atoms with van der Waals surface area (Å²) in [6.07, 6.45) is 0. The molecule has 6 nitrogen and oxygen atoms in total. The van der Waals surface area contributed by atoms with Crippen LogP contribution in [-0.4, -0.2) is 61.1 Å². The Morgan fingerprint density at radius 1 is 1.10 bits per heavy atom. The Balaban J connectivity index is 1.35. The molecule has 8 heteroatoms. The van der Waals surface area contributed by atoms with E-state index >= 15 is 0 Å². The van der Waals surface area contributed by atoms with Crippen LogP contribution in [0.3, 0.4) is 0 Å². The average molecular weight is 430 g/mol. The van der Waals surface area contributed by atoms with Crippen LogP contribution in [0.5, 0.6) is 11.5 Å². The van der Waals surface area contributed by atoms with Crippen LogP contribution in [0, 0.1) is 0 Å². The molecule has 0 atom stereocenters. The topological polar surface area (TPSA) is 54.9 Å². The van der Waals surface area contributed by atoms with Crippen molar-refractivity contribution in [1.82, 2.24) is 14.8 Å². The smallest absolute Gasteiger partial charge is 0.257 e. The van der Waals surface area contributed by atoms with E-state index in [0.717, 1.165) is 30.3 Å². The minimum absolute atomic E-state index is 0.00150. The summed E-state index contributed by atoms with van der Waals surface area (Å²) in [4.78, 5) is 23.2. The second-order valence-electron chi connectivity index (χ2n) is 6.74. The molecule has 1 aliphatic heterocycles. The number of rotatable bonds is 6. The van der Waals surface area contributed by atoms with Crippen molar-refractivity contribution in [1.29, 1.82) is 0 Å². The summed E-state index contributed by atoms with van der Waals surface area (Å²) < 4.78 is 10.6. The van der Waals surface area contributed by atoms with Crippen molar-refractivity contribution >= 4 is 28.6 Å². The van der Waals surface area contributed by atoms with E-state index in [2.05, 4.69) is 21.7 Å². The molecular formula is C21H23N3O3S2. The largest absolute Gasteiger partial charge is 0.497 e. The third kappa shape index (κ3) is 4.44. The van der Waals surface area contributed by atoms with Crippen LogP contribution in [0.15, 0.2) is 41.1 Å². The number of hydrogen-bond acceptors (Lipinski definition) is 7. The molecule has 3 heterocycles. The molecule has 1 saturated heterocycles. The quantitative estimate of drug-likeness (QED) is 0.596. The van der Waals surface area contributed by atoms with Gasteiger partial charge in [0.15, 0.2) is 0 Å². The van der Waals surface area contributed by atoms with Gasteiger partial charge in [-0.25, -0.2) is 4.98 Å². The third-order valence-electron chi connectivity index (χ3n) is 4.98. The van der Waals surface area contributed by atoms with E-state index in [9.17, 15) is 4.79 Å². The van der Waals surface area contributed by atoms with Crippen molar-refractivity contribution in [2.75, 3.05) is 40.4 Å². The number of ether oxygens (including phenoxy) is 2. The van der Waals surface area contributed by atoms with Crippen molar-refractivity contribution in [2.45, 2.75) is 6.54 Å². The zero-order chi connectivity index (χ0) is 20.2. The number of methoxy groups -OCH3 is 2. The molecule has 1 aliphatic rings. The lowest BCUT2D eigenvalue weighted by Gasteiger charge is -2.34. The number of thiazole rings is 1. The van der Waals surface area contributed by atoms with Crippen molar-refractivity contribution in [2.24, 2.45) is 0 Å². The first-order chi connectivity index (χ1) is 14.2. The van der Waals surface area contributed by atoms with E-state index < -0.39 is 0 Å². The van der Waals surface area contributed by atoms with Crippen LogP contribution >= 0.6 is 22.7 Å². The highest BCUT2D eigenvalue weighted by Crippen LogP contribution is 2.28. The Kier molecular flexibility index (Phi) is 6.13. The number of amides is 1. The maximum absolute atomic E-state index is 13.0. The molecule has 1 aromatic carbocycles. The van der Waals surface area contributed by atoms with Crippen molar-refractivity contribution in [3.63, 3.8) is 0 Å². The van der Waals surface area contributed by atoms with Gasteiger partial charge in [0.2, 0.25) is 0 Å². The molecular weight excluding hydrogens is 406 g/mol. The number of carbonyl (C=O) groups is 1. The molecule has 0 radical (unpaired) electrons. The van der Waals surface area contributed by atoms with Crippen LogP contribution in [0.2, 0.25) is 0 Å². The van der Waals surface area contributed by atoms with Gasteiger partial charge in [0.1, 0.15) is 16.5 Å². The van der Waals surface area contributed by atoms with Crippen molar-refractivity contribution in [3.05, 3.63) is 51.7 Å². The van der Waals surface area contributed by atoms with Gasteiger partial charge >= 0.3 is 0 Å². The van der Waals surface area contributed by atoms with Crippen molar-refractivity contribution < 1.29 is 14.3 Å². The number of aromatic nitrogens is 1. The van der Waals surface area contributed by atoms with Gasteiger partial charge in [-0.2, -0.15) is 0 Å². The first kappa shape index (κ1) is 19.9. The molecule has 0 bridgehead atoms. The summed E-state index contributed by atoms with van der Waals surface area (Å²) in [5.41, 5.74) is 1.63. The monoisotopic (exact) mass is 429 g/mol. The van der Waals surface area contributed by atoms with Gasteiger partial charge in [0, 0.05) is 37.6 Å². The number of nitrogens with zero attached hydrogens (tertiary/aromatic N) is 3. The first-order valence-corrected chi connectivity index (χ1v) is 11.2. The SMILES string of the molecule is COc1ccc(C(=O)N2CCN(Cc3nc(-c4cccs4)cs3)CC2)c(OC)c1. The van der Waals surface area contributed by atoms with Gasteiger partial charge in [-0.1, -0.05) is 6.07 Å². The highest BCUT2D eigenvalue weighted by Gasteiger charge is 2.25. The predicted molar refractivity (Wildman–Crippen MR) is 116 cm³/mol. The van der Waals surface area contributed by atoms with Gasteiger partial charge in [0.25, 0.3) is 5.91 Å². The molecule has 3 aromatic rings. The zero-order valence-electron chi connectivity index (χ0n) is 16.5. The molecule has 0 aliphatic carbocycles. The van der Waals surface area contributed by atoms with Crippen LogP contribution in [0.1, 0.15) is 15.4 Å². The molecule has 29 heavy (non-hydrogen) atoms. The Morgan fingerprint density at radius 2 is 1.93 bits per heavy atom. The fourth-order valence-electron chi connectivity index (χ4n) is 3.37. The Morgan fingerprint density at radius 3 is 2.62 bits per heavy atom. The summed E-state index contributed by atoms with van der Waals surface area (Å²) in [6.45, 7) is 3.87. The number of piperazine rings is 1. The molecule has 4 rings (SSSR count). The van der Waals surface area contributed by atoms with E-state index in [4.69, 9.17) is 14.5 Å². The fraction of sp³-hybridized carbons (Fsp3) is 0.333. The van der Waals surface area contributed by atoms with E-state index in [0.29, 0.717) is 30.2 Å². The molecule has 1 amide bonds. The average Bonchev–Trinajstić information content (AvgIpc) is 3.45. The van der Waals surface area contributed by atoms with Gasteiger partial charge in [0.05, 0.1) is 36.9 Å². The summed E-state index contributed by atoms with van der Waals surface area (Å²) in [6, 6.07) is 9.46. The molecule has 152 valence electrons. The van der Waals surface area contributed by atoms with E-state index in [1.54, 1.807) is 55.1 Å². The van der Waals surface area contributed by atoms with Crippen LogP contribution in [-0.2, 0) is 6.54 Å². The van der Waals surface area contributed by atoms with Gasteiger partial charge in [-0.3, -0.25) is 9.69 Å². The summed E-state index contributed by atoms with van der Waals surface area (Å²) in [7, 11) is 3.17. The molecule has 2 aromatic heterocycles. The highest BCUT2D eigenvalue weighted by atomic mass is 32.1. The van der Waals surface area contributed by atoms with Gasteiger partial charge < -0.3 is 14.4 Å². The van der Waals surface area contributed by atoms with Gasteiger partial charge in [-0.05, 0) is 23.6 Å². The summed E-state index contributed by atoms with van der Waals surface area (Å²) in [5, 5.41) is 5.31. The fourth-order valence-corrected chi connectivity index (χ4v) is 4.96. The third-order valence-corrected chi connectivity index (χ3v) is 6.71. The first-order valence-electron chi connectivity index (χ1n) is 9.40. The van der Waals surface area contributed by atoms with Gasteiger partial charge in [-0.15, -0.1) is 22.7 Å². The second kappa shape index (κ2) is 8.94. The molecule has 0 spiro atoms. The van der Waals surface area contributed by atoms with E-state index in [1.807, 2.05) is 11.0 Å². The lowest BCUT2D eigenvalue weighted by atomic mass is 10.1. The standard InChI is InChI=1S/C21H23N3O3S2/c1-26-15-5-6-16(18(12-15)27-2)21(25)24-9-7-23(8-10-24)13-20-22-17(14-29-20)19-4-3-11-28-19/h3-6,11-12,14H,7-10,13H2,1-2H3. The number of benzene rings is 1. The number of thiophene rings is 1. The lowest BCUT2D eigenvalue weighted by Crippen LogP contribution is -2.48. The summed E-state index contributed by atoms with van der Waals surface area (Å²) >= 11 is 3.41. The zero-order valence-corrected chi connectivity index (χ0v) is 18.1. The minimum atomic E-state index is -0.00150. The number of hydrogen-bond donors (Lipinski definition) is 0. The molecule has 0 N–H and O–H groups in total. The van der Waals surface area contributed by atoms with E-state index in [1.165, 1.54) is 4.88 Å². The minimum Gasteiger partial charge on any atom is -0.497 e. The highest BCUT2D eigenvalue weighted by molar-refractivity contribution is 7.14. The van der Waals surface area contributed by atoms with Crippen LogP contribution in [0.4, 0.5) is 0 Å². The Labute approximate surface area is 178 Å². The Bertz CT molecular complexity index is 963. The molecule has 0 unspecified atom stereocenters. The Hall–Kier alpha value is -2.42. The van der Waals surface area contributed by atoms with Crippen LogP contribution < -0.4 is 9.47 Å². The molecule has 0 saturated carbocycles. The maximum atomic E-state index is 13.0. The van der Waals surface area contributed by atoms with E-state index in [-0.39, 0.29) is 5.91 Å². The van der Waals surface area contributed by atoms with Crippen molar-refractivity contribution in [3.8, 4) is 22.1 Å². The second-order valence-corrected chi connectivity index (χ2v) is 8.63. The predicted octanol–water partition coefficient (Wildman–Crippen LogP) is 3.85. The number of carbonyl (C=O) groups excluding carboxylic acids is 1. The van der Waals surface area contributed by atoms with Crippen LogP contribution in [0.25, 0.3) is 10.6 Å². The normalized spacial score (nSPS) is 14.8. The summed E-state index contributed by atoms with van der Waals surface area (Å²) in [5.74, 6) is 1.22. The lowest BCUT2D eigenvalue weighted by molar-refractivity contribution is 0.0625. The molecule has 1 fully saturated rings.